The van der Waals surface area contributed by atoms with Crippen LogP contribution in [0.4, 0.5) is 10.1 Å². The summed E-state index contributed by atoms with van der Waals surface area (Å²) in [7, 11) is 1.59. The van der Waals surface area contributed by atoms with Gasteiger partial charge in [-0.2, -0.15) is 0 Å². The molecule has 1 aromatic carbocycles. The van der Waals surface area contributed by atoms with Crippen molar-refractivity contribution in [3.05, 3.63) is 41.9 Å². The molecule has 5 nitrogen and oxygen atoms in total. The van der Waals surface area contributed by atoms with Crippen LogP contribution in [-0.2, 0) is 4.79 Å². The highest BCUT2D eigenvalue weighted by Gasteiger charge is 2.11. The third-order valence-corrected chi connectivity index (χ3v) is 1.94. The van der Waals surface area contributed by atoms with E-state index in [0.29, 0.717) is 5.69 Å². The van der Waals surface area contributed by atoms with E-state index in [1.807, 2.05) is 0 Å². The molecule has 0 aliphatic rings. The maximum atomic E-state index is 12.7. The maximum Gasteiger partial charge on any atom is 0.253 e. The Morgan fingerprint density at radius 1 is 1.41 bits per heavy atom. The zero-order chi connectivity index (χ0) is 12.8. The summed E-state index contributed by atoms with van der Waals surface area (Å²) in [6.45, 7) is 0. The van der Waals surface area contributed by atoms with Crippen molar-refractivity contribution in [1.82, 2.24) is 5.32 Å². The van der Waals surface area contributed by atoms with Crippen LogP contribution in [0.2, 0.25) is 0 Å². The number of nitrogens with two attached hydrogens (primary N) is 1. The van der Waals surface area contributed by atoms with Gasteiger partial charge in [0.05, 0.1) is 5.57 Å². The molecule has 90 valence electrons. The monoisotopic (exact) mass is 236 g/mol. The number of carbonyl (C=O) groups excluding carboxylic acids is 1. The van der Waals surface area contributed by atoms with Crippen LogP contribution in [0.1, 0.15) is 0 Å². The minimum Gasteiger partial charge on any atom is -0.393 e. The highest BCUT2D eigenvalue weighted by atomic mass is 19.1. The number of carbonyl (C=O) groups is 1. The van der Waals surface area contributed by atoms with Crippen LogP contribution in [0, 0.1) is 11.2 Å². The Labute approximate surface area is 98.0 Å². The summed E-state index contributed by atoms with van der Waals surface area (Å²) in [6, 6.07) is 5.42. The van der Waals surface area contributed by atoms with Crippen molar-refractivity contribution in [3.8, 4) is 0 Å². The van der Waals surface area contributed by atoms with E-state index in [0.717, 1.165) is 0 Å². The van der Waals surface area contributed by atoms with Crippen LogP contribution < -0.4 is 16.4 Å². The lowest BCUT2D eigenvalue weighted by Crippen LogP contribution is -2.26. The number of primary amides is 1. The Hall–Kier alpha value is -2.37. The molecule has 0 fully saturated rings. The van der Waals surface area contributed by atoms with Crippen molar-refractivity contribution in [3.63, 3.8) is 0 Å². The number of nitrogens with one attached hydrogen (secondary N) is 3. The first-order valence-corrected chi connectivity index (χ1v) is 4.83. The number of rotatable bonds is 4. The molecule has 17 heavy (non-hydrogen) atoms. The van der Waals surface area contributed by atoms with Gasteiger partial charge in [0.25, 0.3) is 5.91 Å². The smallest absolute Gasteiger partial charge is 0.253 e. The highest BCUT2D eigenvalue weighted by Crippen LogP contribution is 2.09. The fourth-order valence-electron chi connectivity index (χ4n) is 1.16. The third kappa shape index (κ3) is 3.60. The lowest BCUT2D eigenvalue weighted by atomic mass is 10.2. The van der Waals surface area contributed by atoms with E-state index < -0.39 is 5.91 Å². The zero-order valence-corrected chi connectivity index (χ0v) is 9.25. The summed E-state index contributed by atoms with van der Waals surface area (Å²) < 4.78 is 12.7. The molecule has 1 aromatic rings. The van der Waals surface area contributed by atoms with Crippen molar-refractivity contribution in [2.45, 2.75) is 0 Å². The number of halogens is 1. The number of hydrogen-bond acceptors (Lipinski definition) is 3. The van der Waals surface area contributed by atoms with Crippen molar-refractivity contribution in [1.29, 1.82) is 5.41 Å². The Balaban J connectivity index is 2.81. The molecule has 0 spiro atoms. The fourth-order valence-corrected chi connectivity index (χ4v) is 1.16. The summed E-state index contributed by atoms with van der Waals surface area (Å²) in [4.78, 5) is 11.0. The lowest BCUT2D eigenvalue weighted by Gasteiger charge is -2.09. The van der Waals surface area contributed by atoms with Gasteiger partial charge in [0.1, 0.15) is 11.7 Å². The molecule has 5 N–H and O–H groups in total. The van der Waals surface area contributed by atoms with E-state index in [1.54, 1.807) is 7.05 Å². The molecule has 0 aliphatic heterocycles. The average molecular weight is 236 g/mol. The van der Waals surface area contributed by atoms with Crippen LogP contribution in [-0.4, -0.2) is 18.8 Å². The van der Waals surface area contributed by atoms with Crippen molar-refractivity contribution < 1.29 is 9.18 Å². The van der Waals surface area contributed by atoms with Gasteiger partial charge >= 0.3 is 0 Å². The van der Waals surface area contributed by atoms with Gasteiger partial charge in [0.15, 0.2) is 0 Å². The molecule has 0 aromatic heterocycles. The summed E-state index contributed by atoms with van der Waals surface area (Å²) in [5, 5.41) is 12.9. The van der Waals surface area contributed by atoms with Gasteiger partial charge in [-0.3, -0.25) is 10.2 Å². The van der Waals surface area contributed by atoms with E-state index >= 15 is 0 Å². The Morgan fingerprint density at radius 3 is 2.47 bits per heavy atom. The molecule has 6 heteroatoms. The summed E-state index contributed by atoms with van der Waals surface area (Å²) in [6.07, 6.45) is 1.32. The van der Waals surface area contributed by atoms with Gasteiger partial charge in [-0.1, -0.05) is 0 Å². The molecule has 0 saturated heterocycles. The van der Waals surface area contributed by atoms with Crippen LogP contribution in [0.3, 0.4) is 0 Å². The predicted octanol–water partition coefficient (Wildman–Crippen LogP) is 0.803. The van der Waals surface area contributed by atoms with E-state index in [1.165, 1.54) is 30.5 Å². The van der Waals surface area contributed by atoms with Crippen LogP contribution in [0.15, 0.2) is 36.0 Å². The summed E-state index contributed by atoms with van der Waals surface area (Å²) >= 11 is 0. The van der Waals surface area contributed by atoms with Crippen LogP contribution in [0.25, 0.3) is 0 Å². The quantitative estimate of drug-likeness (QED) is 0.354. The van der Waals surface area contributed by atoms with Gasteiger partial charge in [-0.05, 0) is 24.3 Å². The van der Waals surface area contributed by atoms with Crippen molar-refractivity contribution in [2.24, 2.45) is 5.73 Å². The molecule has 0 heterocycles. The van der Waals surface area contributed by atoms with E-state index in [-0.39, 0.29) is 17.2 Å². The number of amides is 1. The van der Waals surface area contributed by atoms with Gasteiger partial charge in [0, 0.05) is 18.9 Å². The first kappa shape index (κ1) is 12.7. The Morgan fingerprint density at radius 2 is 2.00 bits per heavy atom. The molecule has 0 aliphatic carbocycles. The molecular formula is C11H13FN4O. The number of anilines is 1. The maximum absolute atomic E-state index is 12.7. The molecule has 0 radical (unpaired) electrons. The van der Waals surface area contributed by atoms with Crippen molar-refractivity contribution >= 4 is 17.4 Å². The summed E-state index contributed by atoms with van der Waals surface area (Å²) in [5.41, 5.74) is 5.62. The van der Waals surface area contributed by atoms with Crippen LogP contribution in [0.5, 0.6) is 0 Å². The number of benzene rings is 1. The first-order chi connectivity index (χ1) is 8.04. The average Bonchev–Trinajstić information content (AvgIpc) is 2.28. The second-order valence-corrected chi connectivity index (χ2v) is 3.22. The van der Waals surface area contributed by atoms with E-state index in [9.17, 15) is 9.18 Å². The third-order valence-electron chi connectivity index (χ3n) is 1.94. The van der Waals surface area contributed by atoms with Gasteiger partial charge in [-0.25, -0.2) is 4.39 Å². The second kappa shape index (κ2) is 5.64. The molecular weight excluding hydrogens is 223 g/mol. The molecule has 0 bridgehead atoms. The van der Waals surface area contributed by atoms with Gasteiger partial charge < -0.3 is 16.4 Å². The summed E-state index contributed by atoms with van der Waals surface area (Å²) in [5.74, 6) is -1.25. The molecule has 1 amide bonds. The lowest BCUT2D eigenvalue weighted by molar-refractivity contribution is -0.114. The van der Waals surface area contributed by atoms with E-state index in [2.05, 4.69) is 10.6 Å². The minimum absolute atomic E-state index is 0.0109. The predicted molar refractivity (Wildman–Crippen MR) is 64.1 cm³/mol. The minimum atomic E-state index is -0.723. The molecule has 0 unspecified atom stereocenters. The number of amidine groups is 1. The van der Waals surface area contributed by atoms with Gasteiger partial charge in [0.2, 0.25) is 0 Å². The first-order valence-electron chi connectivity index (χ1n) is 4.83. The fraction of sp³-hybridized carbons (Fsp3) is 0.0909. The SMILES string of the molecule is CN/C=C(\C(=N)Nc1ccc(F)cc1)C(N)=O. The van der Waals surface area contributed by atoms with Crippen LogP contribution >= 0.6 is 0 Å². The highest BCUT2D eigenvalue weighted by molar-refractivity contribution is 6.23. The zero-order valence-electron chi connectivity index (χ0n) is 9.25. The second-order valence-electron chi connectivity index (χ2n) is 3.22. The van der Waals surface area contributed by atoms with Gasteiger partial charge in [-0.15, -0.1) is 0 Å². The molecule has 0 saturated carbocycles. The normalized spacial score (nSPS) is 10.8. The van der Waals surface area contributed by atoms with Crippen molar-refractivity contribution in [2.75, 3.05) is 12.4 Å². The number of hydrogen-bond donors (Lipinski definition) is 4. The largest absolute Gasteiger partial charge is 0.393 e. The molecule has 0 atom stereocenters. The molecule has 1 rings (SSSR count). The standard InChI is InChI=1S/C11H13FN4O/c1-15-6-9(11(14)17)10(13)16-8-4-2-7(12)3-5-8/h2-6,15H,1H3,(H2,13,16)(H2,14,17)/b9-6+. The van der Waals surface area contributed by atoms with E-state index in [4.69, 9.17) is 11.1 Å². The Bertz CT molecular complexity index is 453. The topological polar surface area (TPSA) is 91.0 Å². The Kier molecular flexibility index (Phi) is 4.21.